The third-order valence-corrected chi connectivity index (χ3v) is 3.00. The first kappa shape index (κ1) is 12.8. The van der Waals surface area contributed by atoms with E-state index in [1.54, 1.807) is 6.92 Å². The fourth-order valence-electron chi connectivity index (χ4n) is 1.60. The second-order valence-corrected chi connectivity index (χ2v) is 4.54. The van der Waals surface area contributed by atoms with E-state index in [0.717, 1.165) is 0 Å². The van der Waals surface area contributed by atoms with Crippen LogP contribution in [0.1, 0.15) is 5.82 Å². The molecule has 1 N–H and O–H groups in total. The zero-order valence-electron chi connectivity index (χ0n) is 9.75. The van der Waals surface area contributed by atoms with Crippen molar-refractivity contribution >= 4 is 15.9 Å². The normalized spacial score (nSPS) is 10.4. The predicted octanol–water partition coefficient (Wildman–Crippen LogP) is 2.66. The van der Waals surface area contributed by atoms with Crippen LogP contribution >= 0.6 is 15.9 Å². The summed E-state index contributed by atoms with van der Waals surface area (Å²) in [5, 5.41) is 0. The lowest BCUT2D eigenvalue weighted by Crippen LogP contribution is -2.09. The van der Waals surface area contributed by atoms with Crippen LogP contribution in [-0.2, 0) is 0 Å². The van der Waals surface area contributed by atoms with E-state index >= 15 is 0 Å². The maximum atomic E-state index is 13.9. The van der Waals surface area contributed by atoms with Crippen LogP contribution in [0.5, 0.6) is 5.75 Å². The fourth-order valence-corrected chi connectivity index (χ4v) is 2.08. The minimum atomic E-state index is -0.472. The Kier molecular flexibility index (Phi) is 3.47. The summed E-state index contributed by atoms with van der Waals surface area (Å²) < 4.78 is 19.5. The molecular formula is C12H10BrFN2O2. The van der Waals surface area contributed by atoms with Crippen LogP contribution in [0.25, 0.3) is 11.3 Å². The number of aromatic nitrogens is 2. The van der Waals surface area contributed by atoms with Gasteiger partial charge in [-0.2, -0.15) is 0 Å². The lowest BCUT2D eigenvalue weighted by molar-refractivity contribution is 0.411. The van der Waals surface area contributed by atoms with Crippen LogP contribution in [-0.4, -0.2) is 17.1 Å². The molecule has 0 bridgehead atoms. The lowest BCUT2D eigenvalue weighted by atomic mass is 10.1. The maximum absolute atomic E-state index is 13.9. The average Bonchev–Trinajstić information content (AvgIpc) is 2.27. The molecule has 0 saturated heterocycles. The van der Waals surface area contributed by atoms with Crippen molar-refractivity contribution in [3.05, 3.63) is 44.7 Å². The van der Waals surface area contributed by atoms with E-state index < -0.39 is 5.82 Å². The van der Waals surface area contributed by atoms with E-state index in [2.05, 4.69) is 25.9 Å². The Morgan fingerprint density at radius 1 is 1.39 bits per heavy atom. The molecule has 18 heavy (non-hydrogen) atoms. The van der Waals surface area contributed by atoms with Crippen molar-refractivity contribution in [3.63, 3.8) is 0 Å². The Morgan fingerprint density at radius 2 is 2.11 bits per heavy atom. The molecule has 0 aliphatic carbocycles. The van der Waals surface area contributed by atoms with Crippen LogP contribution in [0.4, 0.5) is 4.39 Å². The van der Waals surface area contributed by atoms with Gasteiger partial charge in [-0.15, -0.1) is 0 Å². The van der Waals surface area contributed by atoms with Crippen LogP contribution in [0.15, 0.2) is 27.5 Å². The van der Waals surface area contributed by atoms with Gasteiger partial charge in [0, 0.05) is 11.6 Å². The van der Waals surface area contributed by atoms with Gasteiger partial charge in [0.2, 0.25) is 0 Å². The van der Waals surface area contributed by atoms with Gasteiger partial charge in [-0.05, 0) is 35.0 Å². The number of hydrogen-bond donors (Lipinski definition) is 1. The molecule has 0 aliphatic heterocycles. The number of rotatable bonds is 2. The number of ether oxygens (including phenoxy) is 1. The van der Waals surface area contributed by atoms with Gasteiger partial charge in [-0.3, -0.25) is 4.79 Å². The molecule has 0 spiro atoms. The third kappa shape index (κ3) is 2.43. The van der Waals surface area contributed by atoms with Gasteiger partial charge in [-0.1, -0.05) is 0 Å². The highest BCUT2D eigenvalue weighted by Crippen LogP contribution is 2.32. The standard InChI is InChI=1S/C12H10BrFN2O2/c1-6-15-10(5-12(17)16-6)7-3-11(18-2)8(13)4-9(7)14/h3-5H,1-2H3,(H,15,16,17). The van der Waals surface area contributed by atoms with Crippen molar-refractivity contribution in [2.24, 2.45) is 0 Å². The van der Waals surface area contributed by atoms with Crippen LogP contribution < -0.4 is 10.3 Å². The SMILES string of the molecule is COc1cc(-c2cc(=O)[nH]c(C)n2)c(F)cc1Br. The number of methoxy groups -OCH3 is 1. The Bertz CT molecular complexity index is 655. The summed E-state index contributed by atoms with van der Waals surface area (Å²) in [6, 6.07) is 4.03. The number of H-pyrrole nitrogens is 1. The first-order valence-corrected chi connectivity index (χ1v) is 5.92. The quantitative estimate of drug-likeness (QED) is 0.927. The second kappa shape index (κ2) is 4.89. The van der Waals surface area contributed by atoms with Gasteiger partial charge in [0.1, 0.15) is 17.4 Å². The van der Waals surface area contributed by atoms with Gasteiger partial charge in [-0.25, -0.2) is 9.37 Å². The number of aromatic amines is 1. The molecule has 4 nitrogen and oxygen atoms in total. The molecule has 0 radical (unpaired) electrons. The number of hydrogen-bond acceptors (Lipinski definition) is 3. The Labute approximate surface area is 111 Å². The number of benzene rings is 1. The number of nitrogens with one attached hydrogen (secondary N) is 1. The molecule has 0 aliphatic rings. The molecule has 1 heterocycles. The van der Waals surface area contributed by atoms with E-state index in [1.807, 2.05) is 0 Å². The smallest absolute Gasteiger partial charge is 0.251 e. The average molecular weight is 313 g/mol. The molecule has 0 fully saturated rings. The van der Waals surface area contributed by atoms with E-state index in [0.29, 0.717) is 16.0 Å². The fraction of sp³-hybridized carbons (Fsp3) is 0.167. The molecule has 2 rings (SSSR count). The summed E-state index contributed by atoms with van der Waals surface area (Å²) in [7, 11) is 1.48. The molecule has 0 saturated carbocycles. The molecule has 0 unspecified atom stereocenters. The summed E-state index contributed by atoms with van der Waals surface area (Å²) in [5.41, 5.74) is 0.183. The zero-order valence-corrected chi connectivity index (χ0v) is 11.3. The first-order chi connectivity index (χ1) is 8.51. The van der Waals surface area contributed by atoms with Crippen molar-refractivity contribution < 1.29 is 9.13 Å². The first-order valence-electron chi connectivity index (χ1n) is 5.12. The Hall–Kier alpha value is -1.69. The third-order valence-electron chi connectivity index (χ3n) is 2.38. The summed E-state index contributed by atoms with van der Waals surface area (Å²) in [4.78, 5) is 18.0. The van der Waals surface area contributed by atoms with Crippen LogP contribution in [0.3, 0.4) is 0 Å². The van der Waals surface area contributed by atoms with E-state index in [4.69, 9.17) is 4.74 Å². The molecule has 94 valence electrons. The highest BCUT2D eigenvalue weighted by atomic mass is 79.9. The van der Waals surface area contributed by atoms with Crippen molar-refractivity contribution in [3.8, 4) is 17.0 Å². The van der Waals surface area contributed by atoms with Gasteiger partial charge < -0.3 is 9.72 Å². The molecule has 2 aromatic rings. The van der Waals surface area contributed by atoms with Gasteiger partial charge >= 0.3 is 0 Å². The van der Waals surface area contributed by atoms with Crippen molar-refractivity contribution in [2.45, 2.75) is 6.92 Å². The number of nitrogens with zero attached hydrogens (tertiary/aromatic N) is 1. The van der Waals surface area contributed by atoms with E-state index in [-0.39, 0.29) is 16.8 Å². The maximum Gasteiger partial charge on any atom is 0.251 e. The summed E-state index contributed by atoms with van der Waals surface area (Å²) >= 11 is 3.19. The largest absolute Gasteiger partial charge is 0.496 e. The number of halogens is 2. The summed E-state index contributed by atoms with van der Waals surface area (Å²) in [5.74, 6) is 0.435. The van der Waals surface area contributed by atoms with Crippen LogP contribution in [0.2, 0.25) is 0 Å². The molecule has 0 atom stereocenters. The monoisotopic (exact) mass is 312 g/mol. The van der Waals surface area contributed by atoms with Crippen LogP contribution in [0, 0.1) is 12.7 Å². The summed E-state index contributed by atoms with van der Waals surface area (Å²) in [6.45, 7) is 1.64. The van der Waals surface area contributed by atoms with Crippen molar-refractivity contribution in [2.75, 3.05) is 7.11 Å². The van der Waals surface area contributed by atoms with Gasteiger partial charge in [0.15, 0.2) is 0 Å². The van der Waals surface area contributed by atoms with Gasteiger partial charge in [0.05, 0.1) is 17.3 Å². The zero-order chi connectivity index (χ0) is 13.3. The predicted molar refractivity (Wildman–Crippen MR) is 69.2 cm³/mol. The van der Waals surface area contributed by atoms with E-state index in [9.17, 15) is 9.18 Å². The highest BCUT2D eigenvalue weighted by Gasteiger charge is 2.12. The highest BCUT2D eigenvalue weighted by molar-refractivity contribution is 9.10. The number of aryl methyl sites for hydroxylation is 1. The van der Waals surface area contributed by atoms with Gasteiger partial charge in [0.25, 0.3) is 5.56 Å². The lowest BCUT2D eigenvalue weighted by Gasteiger charge is -2.08. The minimum absolute atomic E-state index is 0.226. The second-order valence-electron chi connectivity index (χ2n) is 3.68. The minimum Gasteiger partial charge on any atom is -0.496 e. The van der Waals surface area contributed by atoms with Crippen molar-refractivity contribution in [1.82, 2.24) is 9.97 Å². The molecule has 0 amide bonds. The summed E-state index contributed by atoms with van der Waals surface area (Å²) in [6.07, 6.45) is 0. The molecular weight excluding hydrogens is 303 g/mol. The molecule has 6 heteroatoms. The topological polar surface area (TPSA) is 55.0 Å². The Morgan fingerprint density at radius 3 is 2.72 bits per heavy atom. The van der Waals surface area contributed by atoms with Crippen molar-refractivity contribution in [1.29, 1.82) is 0 Å². The Balaban J connectivity index is 2.66. The van der Waals surface area contributed by atoms with E-state index in [1.165, 1.54) is 25.3 Å². The molecule has 1 aromatic carbocycles. The molecule has 1 aromatic heterocycles.